The van der Waals surface area contributed by atoms with Crippen molar-refractivity contribution in [1.82, 2.24) is 5.32 Å². The molecule has 1 atom stereocenters. The normalized spacial score (nSPS) is 16.2. The lowest BCUT2D eigenvalue weighted by Gasteiger charge is -2.32. The second-order valence-electron chi connectivity index (χ2n) is 7.35. The number of hydrogen-bond donors (Lipinski definition) is 2. The van der Waals surface area contributed by atoms with Crippen LogP contribution in [0, 0.1) is 5.92 Å². The molecule has 0 radical (unpaired) electrons. The average Bonchev–Trinajstić information content (AvgIpc) is 2.73. The van der Waals surface area contributed by atoms with Crippen LogP contribution in [0.2, 0.25) is 5.02 Å². The molecule has 1 aliphatic heterocycles. The van der Waals surface area contributed by atoms with Crippen LogP contribution in [-0.4, -0.2) is 31.3 Å². The average molecular weight is 432 g/mol. The molecule has 1 fully saturated rings. The molecule has 0 bridgehead atoms. The molecule has 2 aromatic carbocycles. The first kappa shape index (κ1) is 21.4. The third kappa shape index (κ3) is 5.84. The van der Waals surface area contributed by atoms with Crippen molar-refractivity contribution in [2.24, 2.45) is 5.92 Å². The SMILES string of the molecule is COC(=O)c1ccc(Cl)c(NC(=S)NCc2ccc(N3CCC[C@H](C)C3)cc2)c1. The second kappa shape index (κ2) is 9.94. The maximum absolute atomic E-state index is 11.7. The van der Waals surface area contributed by atoms with E-state index in [0.717, 1.165) is 24.6 Å². The molecule has 5 nitrogen and oxygen atoms in total. The van der Waals surface area contributed by atoms with Gasteiger partial charge >= 0.3 is 5.97 Å². The third-order valence-electron chi connectivity index (χ3n) is 5.05. The minimum absolute atomic E-state index is 0.407. The largest absolute Gasteiger partial charge is 0.465 e. The maximum atomic E-state index is 11.7. The van der Waals surface area contributed by atoms with Crippen molar-refractivity contribution in [3.8, 4) is 0 Å². The van der Waals surface area contributed by atoms with Gasteiger partial charge in [0.15, 0.2) is 5.11 Å². The maximum Gasteiger partial charge on any atom is 0.337 e. The summed E-state index contributed by atoms with van der Waals surface area (Å²) < 4.78 is 4.74. The Balaban J connectivity index is 1.55. The fourth-order valence-corrected chi connectivity index (χ4v) is 3.81. The van der Waals surface area contributed by atoms with Crippen molar-refractivity contribution in [3.05, 3.63) is 58.6 Å². The van der Waals surface area contributed by atoms with E-state index in [1.165, 1.54) is 25.6 Å². The fraction of sp³-hybridized carbons (Fsp3) is 0.364. The van der Waals surface area contributed by atoms with Gasteiger partial charge in [-0.15, -0.1) is 0 Å². The zero-order valence-corrected chi connectivity index (χ0v) is 18.3. The lowest BCUT2D eigenvalue weighted by atomic mass is 9.99. The van der Waals surface area contributed by atoms with E-state index in [-0.39, 0.29) is 0 Å². The van der Waals surface area contributed by atoms with E-state index in [2.05, 4.69) is 46.7 Å². The van der Waals surface area contributed by atoms with E-state index in [9.17, 15) is 4.79 Å². The Labute approximate surface area is 182 Å². The van der Waals surface area contributed by atoms with Crippen LogP contribution in [0.15, 0.2) is 42.5 Å². The van der Waals surface area contributed by atoms with Crippen molar-refractivity contribution in [2.45, 2.75) is 26.3 Å². The zero-order chi connectivity index (χ0) is 20.8. The fourth-order valence-electron chi connectivity index (χ4n) is 3.46. The van der Waals surface area contributed by atoms with Gasteiger partial charge in [-0.2, -0.15) is 0 Å². The van der Waals surface area contributed by atoms with Gasteiger partial charge in [-0.05, 0) is 66.9 Å². The molecule has 0 spiro atoms. The second-order valence-corrected chi connectivity index (χ2v) is 8.17. The summed E-state index contributed by atoms with van der Waals surface area (Å²) in [6.45, 7) is 5.15. The van der Waals surface area contributed by atoms with E-state index in [0.29, 0.717) is 27.9 Å². The van der Waals surface area contributed by atoms with Gasteiger partial charge in [0, 0.05) is 25.3 Å². The highest BCUT2D eigenvalue weighted by atomic mass is 35.5. The van der Waals surface area contributed by atoms with Crippen molar-refractivity contribution < 1.29 is 9.53 Å². The number of ether oxygens (including phenoxy) is 1. The Morgan fingerprint density at radius 3 is 2.72 bits per heavy atom. The molecule has 3 rings (SSSR count). The first-order chi connectivity index (χ1) is 14.0. The molecule has 2 aromatic rings. The first-order valence-corrected chi connectivity index (χ1v) is 10.5. The number of halogens is 1. The molecule has 7 heteroatoms. The number of piperidine rings is 1. The molecule has 0 amide bonds. The summed E-state index contributed by atoms with van der Waals surface area (Å²) in [6, 6.07) is 13.4. The Hall–Kier alpha value is -2.31. The van der Waals surface area contributed by atoms with Crippen LogP contribution in [0.4, 0.5) is 11.4 Å². The molecule has 154 valence electrons. The van der Waals surface area contributed by atoms with E-state index >= 15 is 0 Å². The van der Waals surface area contributed by atoms with E-state index in [1.54, 1.807) is 18.2 Å². The van der Waals surface area contributed by atoms with Gasteiger partial charge in [-0.3, -0.25) is 0 Å². The molecule has 1 saturated heterocycles. The quantitative estimate of drug-likeness (QED) is 0.521. The number of carbonyl (C=O) groups excluding carboxylic acids is 1. The van der Waals surface area contributed by atoms with Crippen molar-refractivity contribution >= 4 is 46.3 Å². The number of esters is 1. The number of nitrogens with one attached hydrogen (secondary N) is 2. The minimum atomic E-state index is -0.424. The first-order valence-electron chi connectivity index (χ1n) is 9.73. The van der Waals surface area contributed by atoms with Crippen molar-refractivity contribution in [1.29, 1.82) is 0 Å². The summed E-state index contributed by atoms with van der Waals surface area (Å²) in [5, 5.41) is 7.12. The molecule has 0 aliphatic carbocycles. The predicted octanol–water partition coefficient (Wildman–Crippen LogP) is 4.85. The summed E-state index contributed by atoms with van der Waals surface area (Å²) in [4.78, 5) is 14.1. The number of anilines is 2. The molecular formula is C22H26ClN3O2S. The van der Waals surface area contributed by atoms with Crippen LogP contribution in [0.5, 0.6) is 0 Å². The van der Waals surface area contributed by atoms with Gasteiger partial charge in [-0.1, -0.05) is 30.7 Å². The van der Waals surface area contributed by atoms with Crippen LogP contribution in [0.3, 0.4) is 0 Å². The number of nitrogens with zero attached hydrogens (tertiary/aromatic N) is 1. The summed E-state index contributed by atoms with van der Waals surface area (Å²) in [5.74, 6) is 0.324. The number of methoxy groups -OCH3 is 1. The van der Waals surface area contributed by atoms with Crippen LogP contribution in [-0.2, 0) is 11.3 Å². The van der Waals surface area contributed by atoms with Crippen LogP contribution in [0.1, 0.15) is 35.7 Å². The lowest BCUT2D eigenvalue weighted by molar-refractivity contribution is 0.0601. The Bertz CT molecular complexity index is 873. The summed E-state index contributed by atoms with van der Waals surface area (Å²) in [5.41, 5.74) is 3.37. The molecule has 0 unspecified atom stereocenters. The molecule has 29 heavy (non-hydrogen) atoms. The Kier molecular flexibility index (Phi) is 7.34. The van der Waals surface area contributed by atoms with Gasteiger partial charge in [0.2, 0.25) is 0 Å². The molecule has 0 saturated carbocycles. The van der Waals surface area contributed by atoms with Gasteiger partial charge in [0.1, 0.15) is 0 Å². The standard InChI is InChI=1S/C22H26ClN3O2S/c1-15-4-3-11-26(14-15)18-8-5-16(6-9-18)13-24-22(29)25-20-12-17(21(27)28-2)7-10-19(20)23/h5-10,12,15H,3-4,11,13-14H2,1-2H3,(H2,24,25,29)/t15-/m0/s1. The van der Waals surface area contributed by atoms with Gasteiger partial charge < -0.3 is 20.3 Å². The number of carbonyl (C=O) groups is 1. The molecule has 2 N–H and O–H groups in total. The van der Waals surface area contributed by atoms with Crippen LogP contribution in [0.25, 0.3) is 0 Å². The molecule has 0 aromatic heterocycles. The van der Waals surface area contributed by atoms with Crippen molar-refractivity contribution in [2.75, 3.05) is 30.4 Å². The molecule has 1 aliphatic rings. The molecule has 1 heterocycles. The summed E-state index contributed by atoms with van der Waals surface area (Å²) in [6.07, 6.45) is 2.57. The van der Waals surface area contributed by atoms with Crippen LogP contribution >= 0.6 is 23.8 Å². The lowest BCUT2D eigenvalue weighted by Crippen LogP contribution is -2.34. The highest BCUT2D eigenvalue weighted by Gasteiger charge is 2.16. The van der Waals surface area contributed by atoms with E-state index in [4.69, 9.17) is 28.6 Å². The van der Waals surface area contributed by atoms with Gasteiger partial charge in [-0.25, -0.2) is 4.79 Å². The number of rotatable bonds is 5. The zero-order valence-electron chi connectivity index (χ0n) is 16.7. The highest BCUT2D eigenvalue weighted by Crippen LogP contribution is 2.24. The number of hydrogen-bond acceptors (Lipinski definition) is 4. The topological polar surface area (TPSA) is 53.6 Å². The Morgan fingerprint density at radius 2 is 2.03 bits per heavy atom. The van der Waals surface area contributed by atoms with Crippen LogP contribution < -0.4 is 15.5 Å². The summed E-state index contributed by atoms with van der Waals surface area (Å²) in [7, 11) is 1.34. The van der Waals surface area contributed by atoms with E-state index in [1.807, 2.05) is 0 Å². The van der Waals surface area contributed by atoms with Gasteiger partial charge in [0.25, 0.3) is 0 Å². The molecular weight excluding hydrogens is 406 g/mol. The Morgan fingerprint density at radius 1 is 1.28 bits per heavy atom. The minimum Gasteiger partial charge on any atom is -0.465 e. The third-order valence-corrected chi connectivity index (χ3v) is 5.62. The summed E-state index contributed by atoms with van der Waals surface area (Å²) >= 11 is 11.6. The van der Waals surface area contributed by atoms with E-state index < -0.39 is 5.97 Å². The van der Waals surface area contributed by atoms with Gasteiger partial charge in [0.05, 0.1) is 23.4 Å². The highest BCUT2D eigenvalue weighted by molar-refractivity contribution is 7.80. The monoisotopic (exact) mass is 431 g/mol. The van der Waals surface area contributed by atoms with Crippen molar-refractivity contribution in [3.63, 3.8) is 0 Å². The number of thiocarbonyl (C=S) groups is 1. The smallest absolute Gasteiger partial charge is 0.337 e. The predicted molar refractivity (Wildman–Crippen MR) is 123 cm³/mol. The number of benzene rings is 2.